The number of allylic oxidation sites excluding steroid dienone is 14. The molecule has 0 fully saturated rings. The SMILES string of the molecule is CC/C=C\C/C=C\C/C=C\C/C=C\C/C=C\C/C=C\CCCCCCC(=O)OC(COC(=O)CCCCCCCCC/C=C\CCCCCCCC)COP(=O)(O)OCC[N+](C)(C)C. The van der Waals surface area contributed by atoms with E-state index in [0.717, 1.165) is 96.3 Å². The molecule has 0 aliphatic rings. The quantitative estimate of drug-likeness (QED) is 0.0212. The van der Waals surface area contributed by atoms with Gasteiger partial charge in [0, 0.05) is 12.8 Å². The van der Waals surface area contributed by atoms with Gasteiger partial charge < -0.3 is 18.9 Å². The molecule has 0 saturated heterocycles. The topological polar surface area (TPSA) is 108 Å². The molecule has 0 amide bonds. The van der Waals surface area contributed by atoms with Gasteiger partial charge in [-0.2, -0.15) is 0 Å². The van der Waals surface area contributed by atoms with E-state index in [1.165, 1.54) is 64.2 Å². The maximum atomic E-state index is 12.8. The molecule has 2 unspecified atom stereocenters. The van der Waals surface area contributed by atoms with Gasteiger partial charge in [0.15, 0.2) is 6.10 Å². The molecule has 0 aromatic carbocycles. The van der Waals surface area contributed by atoms with Crippen molar-refractivity contribution in [1.29, 1.82) is 0 Å². The maximum Gasteiger partial charge on any atom is 0.472 e. The number of rotatable bonds is 45. The smallest absolute Gasteiger partial charge is 0.462 e. The van der Waals surface area contributed by atoms with Gasteiger partial charge >= 0.3 is 19.8 Å². The summed E-state index contributed by atoms with van der Waals surface area (Å²) in [5.41, 5.74) is 0. The number of nitrogens with zero attached hydrogens (tertiary/aromatic N) is 1. The Balaban J connectivity index is 4.36. The third kappa shape index (κ3) is 48.6. The summed E-state index contributed by atoms with van der Waals surface area (Å²) in [4.78, 5) is 35.5. The molecule has 0 saturated carbocycles. The molecule has 0 aliphatic heterocycles. The zero-order valence-corrected chi connectivity index (χ0v) is 42.4. The van der Waals surface area contributed by atoms with Crippen LogP contribution in [0.25, 0.3) is 0 Å². The third-order valence-corrected chi connectivity index (χ3v) is 11.4. The van der Waals surface area contributed by atoms with Crippen molar-refractivity contribution in [3.63, 3.8) is 0 Å². The number of esters is 2. The molecule has 64 heavy (non-hydrogen) atoms. The van der Waals surface area contributed by atoms with E-state index in [1.54, 1.807) is 0 Å². The first-order chi connectivity index (χ1) is 31.0. The van der Waals surface area contributed by atoms with Gasteiger partial charge in [0.2, 0.25) is 0 Å². The first-order valence-corrected chi connectivity index (χ1v) is 26.8. The zero-order valence-electron chi connectivity index (χ0n) is 41.5. The fraction of sp³-hybridized carbons (Fsp3) is 0.704. The average Bonchev–Trinajstić information content (AvgIpc) is 3.25. The highest BCUT2D eigenvalue weighted by Crippen LogP contribution is 2.43. The van der Waals surface area contributed by atoms with Gasteiger partial charge in [-0.15, -0.1) is 0 Å². The Morgan fingerprint density at radius 3 is 1.34 bits per heavy atom. The van der Waals surface area contributed by atoms with Gasteiger partial charge in [-0.1, -0.05) is 176 Å². The number of hydrogen-bond acceptors (Lipinski definition) is 7. The van der Waals surface area contributed by atoms with Crippen molar-refractivity contribution in [3.8, 4) is 0 Å². The second kappa shape index (κ2) is 45.4. The molecule has 2 atom stereocenters. The van der Waals surface area contributed by atoms with E-state index in [0.29, 0.717) is 17.4 Å². The van der Waals surface area contributed by atoms with Crippen LogP contribution in [0.1, 0.15) is 194 Å². The minimum absolute atomic E-state index is 0.0213. The standard InChI is InChI=1S/C54H94NO8P/c1-6-8-10-12-14-16-18-20-22-24-25-26-27-28-29-31-33-35-37-39-41-43-45-47-54(57)63-52(51-62-64(58,59)61-49-48-55(3,4)5)50-60-53(56)46-44-42-40-38-36-34-32-30-23-21-19-17-15-13-11-9-7-2/h8,10,14,16,20-23,25-26,28-29,33,35,52H,6-7,9,11-13,15,17-19,24,27,30-32,34,36-51H2,1-5H3/p+1/b10-8-,16-14-,22-20-,23-21-,26-25-,29-28-,35-33-. The van der Waals surface area contributed by atoms with Crippen molar-refractivity contribution in [1.82, 2.24) is 0 Å². The van der Waals surface area contributed by atoms with Crippen LogP contribution in [0.3, 0.4) is 0 Å². The van der Waals surface area contributed by atoms with E-state index in [2.05, 4.69) is 98.9 Å². The van der Waals surface area contributed by atoms with Gasteiger partial charge in [-0.3, -0.25) is 18.6 Å². The number of hydrogen-bond donors (Lipinski definition) is 1. The number of phosphoric ester groups is 1. The summed E-state index contributed by atoms with van der Waals surface area (Å²) in [5, 5.41) is 0. The molecule has 368 valence electrons. The third-order valence-electron chi connectivity index (χ3n) is 10.4. The van der Waals surface area contributed by atoms with Crippen LogP contribution in [-0.4, -0.2) is 74.9 Å². The number of phosphoric acid groups is 1. The predicted octanol–water partition coefficient (Wildman–Crippen LogP) is 15.1. The molecule has 9 nitrogen and oxygen atoms in total. The summed E-state index contributed by atoms with van der Waals surface area (Å²) >= 11 is 0. The van der Waals surface area contributed by atoms with Gasteiger partial charge in [-0.25, -0.2) is 4.57 Å². The lowest BCUT2D eigenvalue weighted by Gasteiger charge is -2.24. The molecule has 0 radical (unpaired) electrons. The Morgan fingerprint density at radius 1 is 0.500 bits per heavy atom. The lowest BCUT2D eigenvalue weighted by atomic mass is 10.1. The van der Waals surface area contributed by atoms with Crippen LogP contribution in [0.4, 0.5) is 0 Å². The predicted molar refractivity (Wildman–Crippen MR) is 270 cm³/mol. The summed E-state index contributed by atoms with van der Waals surface area (Å²) in [6, 6.07) is 0. The van der Waals surface area contributed by atoms with E-state index in [-0.39, 0.29) is 32.0 Å². The normalized spacial score (nSPS) is 14.2. The van der Waals surface area contributed by atoms with Crippen molar-refractivity contribution < 1.29 is 42.1 Å². The number of likely N-dealkylation sites (N-methyl/N-ethyl adjacent to an activating group) is 1. The molecule has 0 spiro atoms. The van der Waals surface area contributed by atoms with Crippen LogP contribution in [0.5, 0.6) is 0 Å². The number of unbranched alkanes of at least 4 members (excludes halogenated alkanes) is 17. The van der Waals surface area contributed by atoms with Crippen molar-refractivity contribution in [2.24, 2.45) is 0 Å². The fourth-order valence-electron chi connectivity index (χ4n) is 6.48. The Kier molecular flexibility index (Phi) is 43.4. The molecule has 0 bridgehead atoms. The highest BCUT2D eigenvalue weighted by Gasteiger charge is 2.27. The van der Waals surface area contributed by atoms with Crippen molar-refractivity contribution in [2.75, 3.05) is 47.5 Å². The first-order valence-electron chi connectivity index (χ1n) is 25.3. The summed E-state index contributed by atoms with van der Waals surface area (Å²) in [6.07, 6.45) is 59.2. The summed E-state index contributed by atoms with van der Waals surface area (Å²) in [7, 11) is 1.44. The molecule has 0 rings (SSSR count). The number of carbonyl (C=O) groups excluding carboxylic acids is 2. The van der Waals surface area contributed by atoms with Crippen LogP contribution >= 0.6 is 7.82 Å². The van der Waals surface area contributed by atoms with Crippen LogP contribution in [0.15, 0.2) is 85.1 Å². The molecular weight excluding hydrogens is 822 g/mol. The Morgan fingerprint density at radius 2 is 0.891 bits per heavy atom. The van der Waals surface area contributed by atoms with Crippen LogP contribution < -0.4 is 0 Å². The van der Waals surface area contributed by atoms with Crippen molar-refractivity contribution in [2.45, 2.75) is 200 Å². The molecule has 0 aromatic rings. The lowest BCUT2D eigenvalue weighted by molar-refractivity contribution is -0.870. The number of carbonyl (C=O) groups is 2. The zero-order chi connectivity index (χ0) is 47.1. The number of quaternary nitrogens is 1. The van der Waals surface area contributed by atoms with Gasteiger partial charge in [0.05, 0.1) is 27.7 Å². The average molecular weight is 917 g/mol. The Bertz CT molecular complexity index is 1360. The van der Waals surface area contributed by atoms with E-state index >= 15 is 0 Å². The van der Waals surface area contributed by atoms with E-state index in [4.69, 9.17) is 18.5 Å². The van der Waals surface area contributed by atoms with Gasteiger partial charge in [0.1, 0.15) is 19.8 Å². The molecule has 0 aliphatic carbocycles. The van der Waals surface area contributed by atoms with E-state index in [9.17, 15) is 19.0 Å². The van der Waals surface area contributed by atoms with Crippen LogP contribution in [0.2, 0.25) is 0 Å². The summed E-state index contributed by atoms with van der Waals surface area (Å²) < 4.78 is 34.4. The number of ether oxygens (including phenoxy) is 2. The minimum Gasteiger partial charge on any atom is -0.462 e. The second-order valence-electron chi connectivity index (χ2n) is 17.8. The Labute approximate surface area is 392 Å². The minimum atomic E-state index is -4.39. The van der Waals surface area contributed by atoms with Crippen molar-refractivity contribution >= 4 is 19.8 Å². The Hall–Kier alpha value is -2.81. The fourth-order valence-corrected chi connectivity index (χ4v) is 7.22. The maximum absolute atomic E-state index is 12.8. The van der Waals surface area contributed by atoms with Gasteiger partial charge in [0.25, 0.3) is 0 Å². The highest BCUT2D eigenvalue weighted by atomic mass is 31.2. The van der Waals surface area contributed by atoms with Crippen molar-refractivity contribution in [3.05, 3.63) is 85.1 Å². The molecule has 1 N–H and O–H groups in total. The van der Waals surface area contributed by atoms with Crippen LogP contribution in [-0.2, 0) is 32.7 Å². The van der Waals surface area contributed by atoms with E-state index < -0.39 is 26.5 Å². The highest BCUT2D eigenvalue weighted by molar-refractivity contribution is 7.47. The van der Waals surface area contributed by atoms with E-state index in [1.807, 2.05) is 21.1 Å². The summed E-state index contributed by atoms with van der Waals surface area (Å²) in [6.45, 7) is 4.27. The summed E-state index contributed by atoms with van der Waals surface area (Å²) in [5.74, 6) is -0.836. The molecule has 10 heteroatoms. The second-order valence-corrected chi connectivity index (χ2v) is 19.3. The first kappa shape index (κ1) is 61.2. The van der Waals surface area contributed by atoms with Crippen LogP contribution in [0, 0.1) is 0 Å². The molecular formula is C54H95NO8P+. The molecule has 0 heterocycles. The largest absolute Gasteiger partial charge is 0.472 e. The monoisotopic (exact) mass is 917 g/mol. The molecule has 0 aromatic heterocycles. The lowest BCUT2D eigenvalue weighted by Crippen LogP contribution is -2.37. The van der Waals surface area contributed by atoms with Gasteiger partial charge in [-0.05, 0) is 89.9 Å².